The highest BCUT2D eigenvalue weighted by molar-refractivity contribution is 6.04. The summed E-state index contributed by atoms with van der Waals surface area (Å²) in [7, 11) is 0. The largest absolute Gasteiger partial charge is 0.308 e. The second-order valence-electron chi connectivity index (χ2n) is 7.26. The van der Waals surface area contributed by atoms with E-state index in [1.807, 2.05) is 0 Å². The fraction of sp³-hybridized carbons (Fsp3) is 0.120. The van der Waals surface area contributed by atoms with E-state index in [1.54, 1.807) is 0 Å². The molecular formula is C25H21N. The molecule has 0 N–H and O–H groups in total. The van der Waals surface area contributed by atoms with Gasteiger partial charge in [-0.1, -0.05) is 54.1 Å². The van der Waals surface area contributed by atoms with Crippen molar-refractivity contribution >= 4 is 27.3 Å². The Morgan fingerprint density at radius 1 is 0.654 bits per heavy atom. The van der Waals surface area contributed by atoms with Crippen molar-refractivity contribution in [3.8, 4) is 11.1 Å². The zero-order valence-corrected chi connectivity index (χ0v) is 15.4. The van der Waals surface area contributed by atoms with E-state index in [9.17, 15) is 0 Å². The van der Waals surface area contributed by atoms with E-state index in [0.717, 1.165) is 0 Å². The van der Waals surface area contributed by atoms with Crippen molar-refractivity contribution in [2.45, 2.75) is 20.8 Å². The molecule has 0 atom stereocenters. The standard InChI is InChI=1S/C25H21N/c1-16-12-13-24-21(14-16)18(3)25-22(20-10-6-4-8-17(20)2)15-19-9-5-7-11-23(19)26(24)25/h4-15H,1-3H3. The van der Waals surface area contributed by atoms with Gasteiger partial charge in [0.1, 0.15) is 0 Å². The molecule has 1 heteroatoms. The second kappa shape index (κ2) is 5.47. The minimum absolute atomic E-state index is 1.27. The van der Waals surface area contributed by atoms with Crippen LogP contribution in [0.4, 0.5) is 0 Å². The van der Waals surface area contributed by atoms with Gasteiger partial charge >= 0.3 is 0 Å². The molecular weight excluding hydrogens is 314 g/mol. The quantitative estimate of drug-likeness (QED) is 0.316. The summed E-state index contributed by atoms with van der Waals surface area (Å²) in [4.78, 5) is 0. The van der Waals surface area contributed by atoms with Gasteiger partial charge in [0.2, 0.25) is 0 Å². The van der Waals surface area contributed by atoms with E-state index < -0.39 is 0 Å². The van der Waals surface area contributed by atoms with Crippen LogP contribution >= 0.6 is 0 Å². The third kappa shape index (κ3) is 2.04. The predicted molar refractivity (Wildman–Crippen MR) is 112 cm³/mol. The molecule has 2 heterocycles. The maximum absolute atomic E-state index is 2.45. The van der Waals surface area contributed by atoms with Crippen molar-refractivity contribution in [1.29, 1.82) is 0 Å². The SMILES string of the molecule is Cc1ccc2c(c1)c(C)c1c(-c3ccccc3C)cc3ccccc3n12. The van der Waals surface area contributed by atoms with Crippen LogP contribution in [0.15, 0.2) is 72.8 Å². The van der Waals surface area contributed by atoms with E-state index in [1.165, 1.54) is 55.1 Å². The van der Waals surface area contributed by atoms with Crippen LogP contribution in [0, 0.1) is 20.8 Å². The fourth-order valence-corrected chi connectivity index (χ4v) is 4.25. The molecule has 0 unspecified atom stereocenters. The third-order valence-corrected chi connectivity index (χ3v) is 5.54. The Balaban J connectivity index is 2.09. The molecule has 0 amide bonds. The molecule has 126 valence electrons. The van der Waals surface area contributed by atoms with Crippen LogP contribution in [-0.2, 0) is 0 Å². The smallest absolute Gasteiger partial charge is 0.0576 e. The molecule has 5 aromatic rings. The summed E-state index contributed by atoms with van der Waals surface area (Å²) >= 11 is 0. The van der Waals surface area contributed by atoms with Gasteiger partial charge in [-0.05, 0) is 67.1 Å². The van der Waals surface area contributed by atoms with Crippen molar-refractivity contribution in [3.63, 3.8) is 0 Å². The number of benzene rings is 3. The maximum Gasteiger partial charge on any atom is 0.0576 e. The second-order valence-corrected chi connectivity index (χ2v) is 7.26. The maximum atomic E-state index is 2.45. The molecule has 5 rings (SSSR count). The van der Waals surface area contributed by atoms with Gasteiger partial charge in [-0.3, -0.25) is 0 Å². The van der Waals surface area contributed by atoms with Gasteiger partial charge in [0.25, 0.3) is 0 Å². The number of nitrogens with zero attached hydrogens (tertiary/aromatic N) is 1. The lowest BCUT2D eigenvalue weighted by molar-refractivity contribution is 1.31. The predicted octanol–water partition coefficient (Wildman–Crippen LogP) is 6.84. The molecule has 0 aliphatic carbocycles. The highest BCUT2D eigenvalue weighted by Crippen LogP contribution is 2.38. The molecule has 0 aliphatic rings. The number of pyridine rings is 1. The molecule has 3 aromatic carbocycles. The minimum Gasteiger partial charge on any atom is -0.308 e. The summed E-state index contributed by atoms with van der Waals surface area (Å²) in [6, 6.07) is 26.5. The summed E-state index contributed by atoms with van der Waals surface area (Å²) < 4.78 is 2.45. The Bertz CT molecular complexity index is 1300. The average molecular weight is 335 g/mol. The van der Waals surface area contributed by atoms with Gasteiger partial charge in [0.05, 0.1) is 16.6 Å². The first-order valence-corrected chi connectivity index (χ1v) is 9.14. The normalized spacial score (nSPS) is 11.7. The van der Waals surface area contributed by atoms with Gasteiger partial charge in [-0.25, -0.2) is 0 Å². The van der Waals surface area contributed by atoms with Crippen LogP contribution in [0.25, 0.3) is 38.4 Å². The Hall–Kier alpha value is -3.06. The van der Waals surface area contributed by atoms with Crippen LogP contribution in [0.3, 0.4) is 0 Å². The Kier molecular flexibility index (Phi) is 3.20. The third-order valence-electron chi connectivity index (χ3n) is 5.54. The molecule has 1 nitrogen and oxygen atoms in total. The van der Waals surface area contributed by atoms with E-state index in [-0.39, 0.29) is 0 Å². The molecule has 2 aromatic heterocycles. The lowest BCUT2D eigenvalue weighted by Gasteiger charge is -2.13. The molecule has 0 radical (unpaired) electrons. The van der Waals surface area contributed by atoms with Crippen LogP contribution in [-0.4, -0.2) is 4.40 Å². The van der Waals surface area contributed by atoms with Crippen molar-refractivity contribution in [1.82, 2.24) is 4.40 Å². The van der Waals surface area contributed by atoms with Gasteiger partial charge in [0, 0.05) is 10.9 Å². The van der Waals surface area contributed by atoms with Gasteiger partial charge in [-0.15, -0.1) is 0 Å². The molecule has 0 saturated heterocycles. The first kappa shape index (κ1) is 15.2. The summed E-state index contributed by atoms with van der Waals surface area (Å²) in [5.74, 6) is 0. The van der Waals surface area contributed by atoms with Gasteiger partial charge in [0.15, 0.2) is 0 Å². The Morgan fingerprint density at radius 2 is 1.42 bits per heavy atom. The summed E-state index contributed by atoms with van der Waals surface area (Å²) in [6.45, 7) is 6.62. The molecule has 0 fully saturated rings. The monoisotopic (exact) mass is 335 g/mol. The summed E-state index contributed by atoms with van der Waals surface area (Å²) in [5.41, 5.74) is 10.5. The van der Waals surface area contributed by atoms with Crippen molar-refractivity contribution in [2.24, 2.45) is 0 Å². The number of hydrogen-bond acceptors (Lipinski definition) is 0. The molecule has 26 heavy (non-hydrogen) atoms. The molecule has 0 bridgehead atoms. The van der Waals surface area contributed by atoms with Gasteiger partial charge < -0.3 is 4.40 Å². The number of aromatic nitrogens is 1. The van der Waals surface area contributed by atoms with Crippen molar-refractivity contribution < 1.29 is 0 Å². The number of hydrogen-bond donors (Lipinski definition) is 0. The van der Waals surface area contributed by atoms with Gasteiger partial charge in [-0.2, -0.15) is 0 Å². The summed E-state index contributed by atoms with van der Waals surface area (Å²) in [6.07, 6.45) is 0. The van der Waals surface area contributed by atoms with E-state index in [0.29, 0.717) is 0 Å². The van der Waals surface area contributed by atoms with E-state index in [4.69, 9.17) is 0 Å². The summed E-state index contributed by atoms with van der Waals surface area (Å²) in [5, 5.41) is 2.62. The van der Waals surface area contributed by atoms with Crippen LogP contribution in [0.1, 0.15) is 16.7 Å². The van der Waals surface area contributed by atoms with Crippen LogP contribution in [0.2, 0.25) is 0 Å². The lowest BCUT2D eigenvalue weighted by atomic mass is 9.97. The highest BCUT2D eigenvalue weighted by atomic mass is 14.9. The zero-order valence-electron chi connectivity index (χ0n) is 15.4. The number of para-hydroxylation sites is 1. The van der Waals surface area contributed by atoms with E-state index >= 15 is 0 Å². The molecule has 0 saturated carbocycles. The van der Waals surface area contributed by atoms with Crippen molar-refractivity contribution in [2.75, 3.05) is 0 Å². The Labute approximate surface area is 153 Å². The zero-order chi connectivity index (χ0) is 17.8. The first-order chi connectivity index (χ1) is 12.6. The Morgan fingerprint density at radius 3 is 2.27 bits per heavy atom. The van der Waals surface area contributed by atoms with Crippen LogP contribution in [0.5, 0.6) is 0 Å². The molecule has 0 aliphatic heterocycles. The van der Waals surface area contributed by atoms with Crippen LogP contribution < -0.4 is 0 Å². The fourth-order valence-electron chi connectivity index (χ4n) is 4.25. The van der Waals surface area contributed by atoms with E-state index in [2.05, 4.69) is 98.0 Å². The highest BCUT2D eigenvalue weighted by Gasteiger charge is 2.17. The average Bonchev–Trinajstić information content (AvgIpc) is 2.94. The first-order valence-electron chi connectivity index (χ1n) is 9.14. The number of fused-ring (bicyclic) bond motifs is 5. The number of aryl methyl sites for hydroxylation is 3. The minimum atomic E-state index is 1.27. The molecule has 0 spiro atoms. The number of rotatable bonds is 1. The van der Waals surface area contributed by atoms with Crippen molar-refractivity contribution in [3.05, 3.63) is 89.5 Å². The lowest BCUT2D eigenvalue weighted by Crippen LogP contribution is -1.93. The topological polar surface area (TPSA) is 4.41 Å².